The van der Waals surface area contributed by atoms with Crippen molar-refractivity contribution in [2.45, 2.75) is 20.4 Å². The fourth-order valence-corrected chi connectivity index (χ4v) is 1.76. The molecule has 0 saturated heterocycles. The maximum atomic E-state index is 5.48. The van der Waals surface area contributed by atoms with Gasteiger partial charge in [-0.3, -0.25) is 0 Å². The highest BCUT2D eigenvalue weighted by molar-refractivity contribution is 5.57. The first kappa shape index (κ1) is 13.5. The molecule has 19 heavy (non-hydrogen) atoms. The van der Waals surface area contributed by atoms with Gasteiger partial charge in [-0.1, -0.05) is 19.1 Å². The van der Waals surface area contributed by atoms with Gasteiger partial charge in [-0.2, -0.15) is 0 Å². The molecule has 0 radical (unpaired) electrons. The fraction of sp³-hybridized carbons (Fsp3) is 0.333. The molecule has 0 amide bonds. The van der Waals surface area contributed by atoms with Gasteiger partial charge in [0.2, 0.25) is 0 Å². The molecular weight excluding hydrogens is 238 g/mol. The molecule has 0 fully saturated rings. The third-order valence-electron chi connectivity index (χ3n) is 2.69. The van der Waals surface area contributed by atoms with Gasteiger partial charge in [0.15, 0.2) is 5.82 Å². The average Bonchev–Trinajstić information content (AvgIpc) is 2.46. The van der Waals surface area contributed by atoms with Crippen LogP contribution in [0.5, 0.6) is 5.75 Å². The van der Waals surface area contributed by atoms with E-state index in [2.05, 4.69) is 22.2 Å². The van der Waals surface area contributed by atoms with Crippen LogP contribution in [0.25, 0.3) is 11.4 Å². The van der Waals surface area contributed by atoms with Gasteiger partial charge in [-0.15, -0.1) is 0 Å². The minimum absolute atomic E-state index is 0.659. The van der Waals surface area contributed by atoms with Crippen molar-refractivity contribution in [1.82, 2.24) is 15.3 Å². The van der Waals surface area contributed by atoms with Crippen LogP contribution >= 0.6 is 0 Å². The Morgan fingerprint density at radius 3 is 2.63 bits per heavy atom. The first-order valence-electron chi connectivity index (χ1n) is 6.58. The van der Waals surface area contributed by atoms with Crippen molar-refractivity contribution in [3.8, 4) is 17.1 Å². The molecule has 0 aliphatic carbocycles. The van der Waals surface area contributed by atoms with Crippen molar-refractivity contribution in [3.63, 3.8) is 0 Å². The monoisotopic (exact) mass is 257 g/mol. The molecular formula is C15H19N3O. The maximum absolute atomic E-state index is 5.48. The molecule has 2 rings (SSSR count). The Bertz CT molecular complexity index is 511. The van der Waals surface area contributed by atoms with Crippen LogP contribution in [0.3, 0.4) is 0 Å². The Kier molecular flexibility index (Phi) is 4.86. The molecule has 0 unspecified atom stereocenters. The van der Waals surface area contributed by atoms with Gasteiger partial charge in [0, 0.05) is 30.1 Å². The van der Waals surface area contributed by atoms with Crippen molar-refractivity contribution < 1.29 is 4.74 Å². The van der Waals surface area contributed by atoms with Crippen LogP contribution in [0.4, 0.5) is 0 Å². The van der Waals surface area contributed by atoms with Crippen LogP contribution in [0.15, 0.2) is 36.7 Å². The van der Waals surface area contributed by atoms with Gasteiger partial charge in [0.1, 0.15) is 5.75 Å². The number of benzene rings is 1. The molecule has 0 atom stereocenters. The topological polar surface area (TPSA) is 47.0 Å². The Morgan fingerprint density at radius 2 is 1.95 bits per heavy atom. The zero-order chi connectivity index (χ0) is 13.5. The van der Waals surface area contributed by atoms with Crippen molar-refractivity contribution >= 4 is 0 Å². The molecule has 1 aromatic carbocycles. The quantitative estimate of drug-likeness (QED) is 0.864. The molecule has 0 spiro atoms. The lowest BCUT2D eigenvalue weighted by Gasteiger charge is -2.06. The summed E-state index contributed by atoms with van der Waals surface area (Å²) in [5.74, 6) is 1.57. The van der Waals surface area contributed by atoms with Gasteiger partial charge < -0.3 is 10.1 Å². The molecule has 1 aromatic heterocycles. The highest BCUT2D eigenvalue weighted by Crippen LogP contribution is 2.20. The van der Waals surface area contributed by atoms with Crippen LogP contribution in [-0.4, -0.2) is 23.1 Å². The van der Waals surface area contributed by atoms with Gasteiger partial charge >= 0.3 is 0 Å². The van der Waals surface area contributed by atoms with Gasteiger partial charge in [0.05, 0.1) is 6.61 Å². The molecule has 2 aromatic rings. The van der Waals surface area contributed by atoms with Crippen molar-refractivity contribution in [1.29, 1.82) is 0 Å². The normalized spacial score (nSPS) is 10.4. The molecule has 100 valence electrons. The molecule has 1 N–H and O–H groups in total. The summed E-state index contributed by atoms with van der Waals surface area (Å²) in [5, 5.41) is 3.25. The van der Waals surface area contributed by atoms with E-state index in [1.165, 1.54) is 0 Å². The molecule has 0 bridgehead atoms. The van der Waals surface area contributed by atoms with E-state index in [4.69, 9.17) is 4.74 Å². The lowest BCUT2D eigenvalue weighted by molar-refractivity contribution is 0.340. The lowest BCUT2D eigenvalue weighted by atomic mass is 10.2. The van der Waals surface area contributed by atoms with Crippen molar-refractivity contribution in [2.75, 3.05) is 13.2 Å². The molecule has 4 nitrogen and oxygen atoms in total. The Labute approximate surface area is 113 Å². The van der Waals surface area contributed by atoms with E-state index in [-0.39, 0.29) is 0 Å². The summed E-state index contributed by atoms with van der Waals surface area (Å²) < 4.78 is 5.48. The predicted octanol–water partition coefficient (Wildman–Crippen LogP) is 2.65. The third kappa shape index (κ3) is 3.76. The largest absolute Gasteiger partial charge is 0.494 e. The van der Waals surface area contributed by atoms with E-state index in [0.29, 0.717) is 6.61 Å². The summed E-state index contributed by atoms with van der Waals surface area (Å²) in [5.41, 5.74) is 2.06. The van der Waals surface area contributed by atoms with Crippen LogP contribution < -0.4 is 10.1 Å². The zero-order valence-electron chi connectivity index (χ0n) is 11.4. The van der Waals surface area contributed by atoms with E-state index < -0.39 is 0 Å². The molecule has 4 heteroatoms. The highest BCUT2D eigenvalue weighted by atomic mass is 16.5. The summed E-state index contributed by atoms with van der Waals surface area (Å²) in [6, 6.07) is 7.84. The fourth-order valence-electron chi connectivity index (χ4n) is 1.76. The molecule has 1 heterocycles. The molecule has 0 saturated carbocycles. The Morgan fingerprint density at radius 1 is 1.16 bits per heavy atom. The van der Waals surface area contributed by atoms with Gasteiger partial charge in [-0.05, 0) is 25.6 Å². The van der Waals surface area contributed by atoms with E-state index >= 15 is 0 Å². The van der Waals surface area contributed by atoms with Crippen molar-refractivity contribution in [3.05, 3.63) is 42.2 Å². The maximum Gasteiger partial charge on any atom is 0.159 e. The summed E-state index contributed by atoms with van der Waals surface area (Å²) in [4.78, 5) is 8.79. The number of ether oxygens (including phenoxy) is 1. The molecule has 0 aliphatic rings. The van der Waals surface area contributed by atoms with Gasteiger partial charge in [-0.25, -0.2) is 9.97 Å². The molecule has 0 aliphatic heterocycles. The number of hydrogen-bond donors (Lipinski definition) is 1. The van der Waals surface area contributed by atoms with E-state index in [0.717, 1.165) is 35.8 Å². The standard InChI is InChI=1S/C15H19N3O/c1-3-16-9-12-10-17-15(18-11-12)13-6-5-7-14(8-13)19-4-2/h5-8,10-11,16H,3-4,9H2,1-2H3. The number of rotatable bonds is 6. The average molecular weight is 257 g/mol. The number of hydrogen-bond acceptors (Lipinski definition) is 4. The second-order valence-corrected chi connectivity index (χ2v) is 4.16. The van der Waals surface area contributed by atoms with Crippen LogP contribution in [0.2, 0.25) is 0 Å². The highest BCUT2D eigenvalue weighted by Gasteiger charge is 2.03. The summed E-state index contributed by atoms with van der Waals surface area (Å²) >= 11 is 0. The van der Waals surface area contributed by atoms with Gasteiger partial charge in [0.25, 0.3) is 0 Å². The predicted molar refractivity (Wildman–Crippen MR) is 76.0 cm³/mol. The first-order valence-corrected chi connectivity index (χ1v) is 6.58. The number of nitrogens with zero attached hydrogens (tertiary/aromatic N) is 2. The minimum Gasteiger partial charge on any atom is -0.494 e. The Balaban J connectivity index is 2.14. The number of aromatic nitrogens is 2. The smallest absolute Gasteiger partial charge is 0.159 e. The van der Waals surface area contributed by atoms with Crippen LogP contribution in [-0.2, 0) is 6.54 Å². The van der Waals surface area contributed by atoms with E-state index in [9.17, 15) is 0 Å². The third-order valence-corrected chi connectivity index (χ3v) is 2.69. The van der Waals surface area contributed by atoms with E-state index in [1.54, 1.807) is 0 Å². The summed E-state index contributed by atoms with van der Waals surface area (Å²) in [6.07, 6.45) is 3.72. The Hall–Kier alpha value is -1.94. The first-order chi connectivity index (χ1) is 9.33. The van der Waals surface area contributed by atoms with Crippen LogP contribution in [0.1, 0.15) is 19.4 Å². The lowest BCUT2D eigenvalue weighted by Crippen LogP contribution is -2.12. The summed E-state index contributed by atoms with van der Waals surface area (Å²) in [6.45, 7) is 6.45. The number of nitrogens with one attached hydrogen (secondary N) is 1. The van der Waals surface area contributed by atoms with Crippen molar-refractivity contribution in [2.24, 2.45) is 0 Å². The van der Waals surface area contributed by atoms with Crippen LogP contribution in [0, 0.1) is 0 Å². The summed E-state index contributed by atoms with van der Waals surface area (Å²) in [7, 11) is 0. The zero-order valence-corrected chi connectivity index (χ0v) is 11.4. The second-order valence-electron chi connectivity index (χ2n) is 4.16. The minimum atomic E-state index is 0.659. The van der Waals surface area contributed by atoms with E-state index in [1.807, 2.05) is 43.6 Å². The second kappa shape index (κ2) is 6.85. The SMILES string of the molecule is CCNCc1cnc(-c2cccc(OCC)c2)nc1.